The second-order valence-electron chi connectivity index (χ2n) is 7.60. The molecular formula is C20H28N6O. The fraction of sp³-hybridized carbons (Fsp3) is 0.550. The summed E-state index contributed by atoms with van der Waals surface area (Å²) in [7, 11) is 0. The summed E-state index contributed by atoms with van der Waals surface area (Å²) in [4.78, 5) is 17.0. The fourth-order valence-electron chi connectivity index (χ4n) is 4.10. The predicted octanol–water partition coefficient (Wildman–Crippen LogP) is 2.37. The number of amides is 2. The summed E-state index contributed by atoms with van der Waals surface area (Å²) in [5, 5.41) is 11.1. The Morgan fingerprint density at radius 2 is 1.78 bits per heavy atom. The molecule has 1 aromatic heterocycles. The highest BCUT2D eigenvalue weighted by molar-refractivity contribution is 5.74. The zero-order valence-corrected chi connectivity index (χ0v) is 15.7. The zero-order valence-electron chi connectivity index (χ0n) is 15.7. The number of urea groups is 1. The first-order valence-electron chi connectivity index (χ1n) is 9.97. The third-order valence-electron chi connectivity index (χ3n) is 5.76. The molecule has 2 saturated heterocycles. The van der Waals surface area contributed by atoms with Crippen LogP contribution in [0.5, 0.6) is 0 Å². The molecule has 4 rings (SSSR count). The molecule has 0 aliphatic carbocycles. The van der Waals surface area contributed by atoms with E-state index in [0.29, 0.717) is 5.92 Å². The van der Waals surface area contributed by atoms with E-state index in [1.807, 2.05) is 21.8 Å². The number of hydrogen-bond acceptors (Lipinski definition) is 4. The SMILES string of the molecule is O=C(NC1CCN(c2ccccc2)CC1)N1CCC(Cn2ccnn2)CC1. The molecule has 2 amide bonds. The molecule has 1 N–H and O–H groups in total. The molecule has 2 aromatic rings. The molecule has 7 heteroatoms. The quantitative estimate of drug-likeness (QED) is 0.900. The Labute approximate surface area is 160 Å². The Morgan fingerprint density at radius 3 is 2.44 bits per heavy atom. The average Bonchev–Trinajstić information content (AvgIpc) is 3.23. The van der Waals surface area contributed by atoms with Crippen LogP contribution in [0.4, 0.5) is 10.5 Å². The van der Waals surface area contributed by atoms with E-state index in [9.17, 15) is 4.79 Å². The van der Waals surface area contributed by atoms with Gasteiger partial charge in [-0.1, -0.05) is 23.4 Å². The molecule has 0 spiro atoms. The van der Waals surface area contributed by atoms with Gasteiger partial charge in [-0.15, -0.1) is 5.10 Å². The van der Waals surface area contributed by atoms with Crippen LogP contribution in [0, 0.1) is 5.92 Å². The lowest BCUT2D eigenvalue weighted by Crippen LogP contribution is -2.51. The van der Waals surface area contributed by atoms with Gasteiger partial charge in [-0.05, 0) is 43.7 Å². The van der Waals surface area contributed by atoms with Gasteiger partial charge in [0.25, 0.3) is 0 Å². The second-order valence-corrected chi connectivity index (χ2v) is 7.60. The number of aromatic nitrogens is 3. The predicted molar refractivity (Wildman–Crippen MR) is 105 cm³/mol. The number of likely N-dealkylation sites (tertiary alicyclic amines) is 1. The minimum Gasteiger partial charge on any atom is -0.371 e. The van der Waals surface area contributed by atoms with Crippen LogP contribution in [0.3, 0.4) is 0 Å². The first kappa shape index (κ1) is 17.8. The Hall–Kier alpha value is -2.57. The number of nitrogens with one attached hydrogen (secondary N) is 1. The van der Waals surface area contributed by atoms with Gasteiger partial charge >= 0.3 is 6.03 Å². The molecule has 0 radical (unpaired) electrons. The molecule has 2 aliphatic rings. The maximum Gasteiger partial charge on any atom is 0.317 e. The van der Waals surface area contributed by atoms with Crippen LogP contribution in [0.25, 0.3) is 0 Å². The van der Waals surface area contributed by atoms with Crippen molar-refractivity contribution in [2.45, 2.75) is 38.3 Å². The summed E-state index contributed by atoms with van der Waals surface area (Å²) < 4.78 is 1.89. The smallest absolute Gasteiger partial charge is 0.317 e. The lowest BCUT2D eigenvalue weighted by atomic mass is 9.97. The Morgan fingerprint density at radius 1 is 1.04 bits per heavy atom. The van der Waals surface area contributed by atoms with Crippen LogP contribution in [0.15, 0.2) is 42.7 Å². The van der Waals surface area contributed by atoms with Crippen molar-refractivity contribution in [1.82, 2.24) is 25.2 Å². The first-order chi connectivity index (χ1) is 13.3. The molecule has 2 aliphatic heterocycles. The second kappa shape index (κ2) is 8.41. The third-order valence-corrected chi connectivity index (χ3v) is 5.76. The number of rotatable bonds is 4. The number of nitrogens with zero attached hydrogens (tertiary/aromatic N) is 5. The summed E-state index contributed by atoms with van der Waals surface area (Å²) >= 11 is 0. The zero-order chi connectivity index (χ0) is 18.5. The Bertz CT molecular complexity index is 703. The molecule has 0 unspecified atom stereocenters. The molecule has 144 valence electrons. The summed E-state index contributed by atoms with van der Waals surface area (Å²) in [6.07, 6.45) is 7.68. The van der Waals surface area contributed by atoms with Gasteiger partial charge in [0.2, 0.25) is 0 Å². The van der Waals surface area contributed by atoms with Crippen molar-refractivity contribution in [2.24, 2.45) is 5.92 Å². The molecule has 3 heterocycles. The number of para-hydroxylation sites is 1. The minimum atomic E-state index is 0.104. The average molecular weight is 368 g/mol. The minimum absolute atomic E-state index is 0.104. The van der Waals surface area contributed by atoms with Crippen molar-refractivity contribution in [3.63, 3.8) is 0 Å². The van der Waals surface area contributed by atoms with Crippen molar-refractivity contribution in [2.75, 3.05) is 31.1 Å². The summed E-state index contributed by atoms with van der Waals surface area (Å²) in [6.45, 7) is 4.54. The van der Waals surface area contributed by atoms with E-state index in [2.05, 4.69) is 44.8 Å². The molecule has 0 atom stereocenters. The van der Waals surface area contributed by atoms with Crippen molar-refractivity contribution in [3.8, 4) is 0 Å². The highest BCUT2D eigenvalue weighted by Gasteiger charge is 2.26. The number of piperidine rings is 2. The van der Waals surface area contributed by atoms with Gasteiger partial charge in [-0.2, -0.15) is 0 Å². The Balaban J connectivity index is 1.19. The van der Waals surface area contributed by atoms with E-state index < -0.39 is 0 Å². The van der Waals surface area contributed by atoms with Gasteiger partial charge < -0.3 is 15.1 Å². The van der Waals surface area contributed by atoms with Crippen molar-refractivity contribution < 1.29 is 4.79 Å². The van der Waals surface area contributed by atoms with Crippen molar-refractivity contribution in [3.05, 3.63) is 42.7 Å². The lowest BCUT2D eigenvalue weighted by molar-refractivity contribution is 0.159. The van der Waals surface area contributed by atoms with Crippen molar-refractivity contribution >= 4 is 11.7 Å². The van der Waals surface area contributed by atoms with Crippen LogP contribution < -0.4 is 10.2 Å². The van der Waals surface area contributed by atoms with E-state index in [1.54, 1.807) is 6.20 Å². The Kier molecular flexibility index (Phi) is 5.55. The van der Waals surface area contributed by atoms with Crippen LogP contribution in [0.1, 0.15) is 25.7 Å². The van der Waals surface area contributed by atoms with Crippen LogP contribution in [-0.2, 0) is 6.54 Å². The molecule has 2 fully saturated rings. The van der Waals surface area contributed by atoms with E-state index in [-0.39, 0.29) is 12.1 Å². The summed E-state index contributed by atoms with van der Waals surface area (Å²) in [5.41, 5.74) is 1.27. The topological polar surface area (TPSA) is 66.3 Å². The summed E-state index contributed by atoms with van der Waals surface area (Å²) in [6, 6.07) is 10.9. The standard InChI is InChI=1S/C20H28N6O/c27-20(25-11-6-17(7-12-25)16-26-15-10-21-23-26)22-18-8-13-24(14-9-18)19-4-2-1-3-5-19/h1-5,10,15,17-18H,6-9,11-14,16H2,(H,22,27). The van der Waals surface area contributed by atoms with Gasteiger partial charge in [0.15, 0.2) is 0 Å². The number of hydrogen-bond donors (Lipinski definition) is 1. The molecule has 1 aromatic carbocycles. The maximum absolute atomic E-state index is 12.6. The molecular weight excluding hydrogens is 340 g/mol. The van der Waals surface area contributed by atoms with Gasteiger partial charge in [0, 0.05) is 50.6 Å². The number of benzene rings is 1. The van der Waals surface area contributed by atoms with E-state index in [1.165, 1.54) is 5.69 Å². The number of anilines is 1. The molecule has 0 saturated carbocycles. The third kappa shape index (κ3) is 4.59. The monoisotopic (exact) mass is 368 g/mol. The molecule has 0 bridgehead atoms. The first-order valence-corrected chi connectivity index (χ1v) is 9.97. The van der Waals surface area contributed by atoms with Crippen molar-refractivity contribution in [1.29, 1.82) is 0 Å². The van der Waals surface area contributed by atoms with Gasteiger partial charge in [0.05, 0.1) is 6.20 Å². The van der Waals surface area contributed by atoms with Crippen LogP contribution in [0.2, 0.25) is 0 Å². The number of carbonyl (C=O) groups is 1. The van der Waals surface area contributed by atoms with E-state index >= 15 is 0 Å². The highest BCUT2D eigenvalue weighted by Crippen LogP contribution is 2.21. The van der Waals surface area contributed by atoms with E-state index in [4.69, 9.17) is 0 Å². The van der Waals surface area contributed by atoms with Crippen LogP contribution in [-0.4, -0.2) is 58.1 Å². The molecule has 7 nitrogen and oxygen atoms in total. The molecule has 27 heavy (non-hydrogen) atoms. The van der Waals surface area contributed by atoms with Gasteiger partial charge in [-0.25, -0.2) is 4.79 Å². The largest absolute Gasteiger partial charge is 0.371 e. The van der Waals surface area contributed by atoms with E-state index in [0.717, 1.165) is 58.4 Å². The van der Waals surface area contributed by atoms with Gasteiger partial charge in [0.1, 0.15) is 0 Å². The van der Waals surface area contributed by atoms with Crippen LogP contribution >= 0.6 is 0 Å². The number of carbonyl (C=O) groups excluding carboxylic acids is 1. The maximum atomic E-state index is 12.6. The fourth-order valence-corrected chi connectivity index (χ4v) is 4.10. The normalized spacial score (nSPS) is 19.3. The lowest BCUT2D eigenvalue weighted by Gasteiger charge is -2.36. The van der Waals surface area contributed by atoms with Gasteiger partial charge in [-0.3, -0.25) is 4.68 Å². The summed E-state index contributed by atoms with van der Waals surface area (Å²) in [5.74, 6) is 0.574. The highest BCUT2D eigenvalue weighted by atomic mass is 16.2.